The summed E-state index contributed by atoms with van der Waals surface area (Å²) >= 11 is 0. The van der Waals surface area contributed by atoms with Gasteiger partial charge in [0.05, 0.1) is 18.5 Å². The number of carbonyl (C=O) groups is 2. The minimum Gasteiger partial charge on any atom is -0.548 e. The van der Waals surface area contributed by atoms with Crippen LogP contribution in [0.5, 0.6) is 0 Å². The van der Waals surface area contributed by atoms with E-state index in [4.69, 9.17) is 0 Å². The number of aryl methyl sites for hydroxylation is 1. The number of anilines is 1. The first kappa shape index (κ1) is 24.7. The fourth-order valence-corrected chi connectivity index (χ4v) is 0.846. The van der Waals surface area contributed by atoms with Crippen molar-refractivity contribution in [3.8, 4) is 0 Å². The van der Waals surface area contributed by atoms with E-state index < -0.39 is 11.9 Å². The summed E-state index contributed by atoms with van der Waals surface area (Å²) in [4.78, 5) is 19.6. The van der Waals surface area contributed by atoms with E-state index in [1.54, 1.807) is 0 Å². The molecule has 0 bridgehead atoms. The number of nitrogens with one attached hydrogen (secondary N) is 1. The molecule has 0 spiro atoms. The average molecular weight is 295 g/mol. The molecular weight excluding hydrogens is 280 g/mol. The summed E-state index contributed by atoms with van der Waals surface area (Å²) < 4.78 is 0. The standard InChI is InChI=1S/C9H11NO2.C4H6O2.2Na/c1-7-2-4-8(5-3-7)10-6-9(11)12;1-3(2)4(5)6;;/h2-5,10H,6H2,1H3,(H,11,12);1H2,2H3,(H,5,6);;/q;;2*+1/p-2. The molecule has 0 heterocycles. The van der Waals surface area contributed by atoms with Crippen LogP contribution in [0.1, 0.15) is 12.5 Å². The third-order valence-corrected chi connectivity index (χ3v) is 1.84. The molecule has 5 nitrogen and oxygen atoms in total. The van der Waals surface area contributed by atoms with E-state index in [1.165, 1.54) is 6.92 Å². The van der Waals surface area contributed by atoms with E-state index in [-0.39, 0.29) is 71.2 Å². The Morgan fingerprint density at radius 1 is 1.15 bits per heavy atom. The molecule has 1 N–H and O–H groups in total. The molecule has 0 aromatic heterocycles. The summed E-state index contributed by atoms with van der Waals surface area (Å²) in [5.41, 5.74) is 2.01. The fraction of sp³-hybridized carbons (Fsp3) is 0.231. The fourth-order valence-electron chi connectivity index (χ4n) is 0.846. The molecule has 1 rings (SSSR count). The molecule has 0 amide bonds. The molecule has 98 valence electrons. The van der Waals surface area contributed by atoms with E-state index >= 15 is 0 Å². The van der Waals surface area contributed by atoms with Crippen molar-refractivity contribution in [1.82, 2.24) is 0 Å². The number of rotatable bonds is 4. The van der Waals surface area contributed by atoms with Gasteiger partial charge in [-0.25, -0.2) is 0 Å². The molecule has 7 heteroatoms. The van der Waals surface area contributed by atoms with Crippen molar-refractivity contribution < 1.29 is 78.9 Å². The maximum absolute atomic E-state index is 10.1. The molecule has 0 unspecified atom stereocenters. The van der Waals surface area contributed by atoms with E-state index in [9.17, 15) is 19.8 Å². The number of carbonyl (C=O) groups excluding carboxylic acids is 2. The molecule has 0 saturated heterocycles. The van der Waals surface area contributed by atoms with Crippen molar-refractivity contribution in [2.24, 2.45) is 0 Å². The SMILES string of the molecule is C=C(C)C(=O)[O-].Cc1ccc(NCC(=O)[O-])cc1.[Na+].[Na+]. The van der Waals surface area contributed by atoms with Crippen molar-refractivity contribution in [1.29, 1.82) is 0 Å². The van der Waals surface area contributed by atoms with E-state index in [1.807, 2.05) is 31.2 Å². The van der Waals surface area contributed by atoms with Gasteiger partial charge >= 0.3 is 59.1 Å². The first-order chi connectivity index (χ1) is 8.32. The zero-order valence-corrected chi connectivity index (χ0v) is 16.4. The van der Waals surface area contributed by atoms with Crippen LogP contribution in [0.2, 0.25) is 0 Å². The summed E-state index contributed by atoms with van der Waals surface area (Å²) in [6.45, 7) is 6.30. The molecule has 0 fully saturated rings. The maximum Gasteiger partial charge on any atom is 1.00 e. The minimum atomic E-state index is -1.19. The van der Waals surface area contributed by atoms with Crippen molar-refractivity contribution in [3.05, 3.63) is 42.0 Å². The first-order valence-corrected chi connectivity index (χ1v) is 5.20. The summed E-state index contributed by atoms with van der Waals surface area (Å²) in [5, 5.41) is 22.3. The van der Waals surface area contributed by atoms with Crippen molar-refractivity contribution in [2.75, 3.05) is 11.9 Å². The van der Waals surface area contributed by atoms with Crippen LogP contribution >= 0.6 is 0 Å². The predicted octanol–water partition coefficient (Wildman–Crippen LogP) is -6.52. The van der Waals surface area contributed by atoms with Crippen LogP contribution in [0.15, 0.2) is 36.4 Å². The normalized spacial score (nSPS) is 7.90. The third-order valence-electron chi connectivity index (χ3n) is 1.84. The molecule has 0 aliphatic rings. The van der Waals surface area contributed by atoms with Crippen LogP contribution in [0.3, 0.4) is 0 Å². The van der Waals surface area contributed by atoms with Crippen LogP contribution in [-0.4, -0.2) is 18.5 Å². The predicted molar refractivity (Wildman–Crippen MR) is 64.5 cm³/mol. The van der Waals surface area contributed by atoms with Gasteiger partial charge < -0.3 is 25.1 Å². The zero-order chi connectivity index (χ0) is 14.1. The van der Waals surface area contributed by atoms with Gasteiger partial charge in [-0.2, -0.15) is 0 Å². The Labute approximate surface area is 163 Å². The Morgan fingerprint density at radius 2 is 1.55 bits per heavy atom. The molecule has 0 saturated carbocycles. The minimum absolute atomic E-state index is 0. The summed E-state index contributed by atoms with van der Waals surface area (Å²) in [7, 11) is 0. The molecule has 0 aliphatic carbocycles. The van der Waals surface area contributed by atoms with Crippen LogP contribution in [-0.2, 0) is 9.59 Å². The first-order valence-electron chi connectivity index (χ1n) is 5.20. The molecule has 0 radical (unpaired) electrons. The van der Waals surface area contributed by atoms with Crippen LogP contribution in [0.4, 0.5) is 5.69 Å². The largest absolute Gasteiger partial charge is 1.00 e. The number of carboxylic acid groups (broad SMARTS) is 2. The second-order valence-electron chi connectivity index (χ2n) is 3.66. The number of aliphatic carboxylic acids is 2. The topological polar surface area (TPSA) is 92.3 Å². The zero-order valence-electron chi connectivity index (χ0n) is 12.4. The summed E-state index contributed by atoms with van der Waals surface area (Å²) in [5.74, 6) is -2.29. The van der Waals surface area contributed by atoms with Gasteiger partial charge in [0.1, 0.15) is 0 Å². The molecular formula is C13H15NNa2O4. The Hall–Kier alpha value is -0.300. The van der Waals surface area contributed by atoms with Gasteiger partial charge in [-0.05, 0) is 31.6 Å². The third kappa shape index (κ3) is 14.1. The second kappa shape index (κ2) is 13.7. The van der Waals surface area contributed by atoms with Gasteiger partial charge in [-0.15, -0.1) is 0 Å². The number of carboxylic acids is 2. The smallest absolute Gasteiger partial charge is 0.548 e. The van der Waals surface area contributed by atoms with E-state index in [0.29, 0.717) is 0 Å². The second-order valence-corrected chi connectivity index (χ2v) is 3.66. The Kier molecular flexibility index (Phi) is 16.9. The monoisotopic (exact) mass is 295 g/mol. The number of hydrogen-bond donors (Lipinski definition) is 1. The van der Waals surface area contributed by atoms with Gasteiger partial charge in [0.2, 0.25) is 0 Å². The molecule has 0 atom stereocenters. The molecule has 20 heavy (non-hydrogen) atoms. The van der Waals surface area contributed by atoms with Crippen molar-refractivity contribution in [3.63, 3.8) is 0 Å². The summed E-state index contributed by atoms with van der Waals surface area (Å²) in [6, 6.07) is 7.49. The summed E-state index contributed by atoms with van der Waals surface area (Å²) in [6.07, 6.45) is 0. The van der Waals surface area contributed by atoms with Gasteiger partial charge in [0.25, 0.3) is 0 Å². The Morgan fingerprint density at radius 3 is 1.85 bits per heavy atom. The average Bonchev–Trinajstić information content (AvgIpc) is 2.29. The van der Waals surface area contributed by atoms with Gasteiger partial charge in [-0.1, -0.05) is 24.3 Å². The van der Waals surface area contributed by atoms with E-state index in [0.717, 1.165) is 11.3 Å². The molecule has 0 aliphatic heterocycles. The Balaban J connectivity index is -0.000000316. The van der Waals surface area contributed by atoms with Crippen molar-refractivity contribution in [2.45, 2.75) is 13.8 Å². The maximum atomic E-state index is 10.1. The quantitative estimate of drug-likeness (QED) is 0.440. The van der Waals surface area contributed by atoms with Gasteiger partial charge in [0, 0.05) is 5.69 Å². The van der Waals surface area contributed by atoms with Gasteiger partial charge in [-0.3, -0.25) is 0 Å². The number of hydrogen-bond acceptors (Lipinski definition) is 5. The Bertz CT molecular complexity index is 421. The number of benzene rings is 1. The van der Waals surface area contributed by atoms with Crippen LogP contribution in [0.25, 0.3) is 0 Å². The molecule has 1 aromatic carbocycles. The molecule has 1 aromatic rings. The van der Waals surface area contributed by atoms with Crippen LogP contribution < -0.4 is 74.6 Å². The van der Waals surface area contributed by atoms with Gasteiger partial charge in [0.15, 0.2) is 0 Å². The van der Waals surface area contributed by atoms with Crippen LogP contribution in [0, 0.1) is 6.92 Å². The van der Waals surface area contributed by atoms with Crippen molar-refractivity contribution >= 4 is 17.6 Å². The van der Waals surface area contributed by atoms with E-state index in [2.05, 4.69) is 11.9 Å².